The fourth-order valence-corrected chi connectivity index (χ4v) is 2.92. The predicted octanol–water partition coefficient (Wildman–Crippen LogP) is -9.20. The van der Waals surface area contributed by atoms with Gasteiger partial charge in [-0.25, -0.2) is 4.98 Å². The molecule has 1 unspecified atom stereocenters. The Morgan fingerprint density at radius 2 is 1.74 bits per heavy atom. The molecule has 0 spiro atoms. The number of imidazole rings is 1. The third-order valence-corrected chi connectivity index (χ3v) is 5.47. The zero-order chi connectivity index (χ0) is 12.6. The smallest absolute Gasteiger partial charge is 0.808 e. The van der Waals surface area contributed by atoms with Crippen molar-refractivity contribution in [2.45, 2.75) is 11.6 Å². The van der Waals surface area contributed by atoms with Gasteiger partial charge < -0.3 is 39.3 Å². The van der Waals surface area contributed by atoms with Gasteiger partial charge in [0.25, 0.3) is 0 Å². The Morgan fingerprint density at radius 3 is 2.00 bits per heavy atom. The van der Waals surface area contributed by atoms with Crippen LogP contribution in [0.25, 0.3) is 0 Å². The Labute approximate surface area is 152 Å². The molecule has 10 nitrogen and oxygen atoms in total. The molecule has 0 radical (unpaired) electrons. The molecule has 5 N–H and O–H groups in total. The summed E-state index contributed by atoms with van der Waals surface area (Å²) in [7, 11) is -11.4. The fraction of sp³-hybridized carbons (Fsp3) is 0.400. The first-order valence-corrected chi connectivity index (χ1v) is 6.99. The fourth-order valence-electron chi connectivity index (χ4n) is 0.963. The van der Waals surface area contributed by atoms with E-state index >= 15 is 0 Å². The number of hydrogen-bond donors (Lipinski definition) is 3. The zero-order valence-corrected chi connectivity index (χ0v) is 16.0. The Morgan fingerprint density at radius 1 is 1.26 bits per heavy atom. The molecule has 19 heavy (non-hydrogen) atoms. The van der Waals surface area contributed by atoms with Crippen molar-refractivity contribution < 1.29 is 98.4 Å². The second kappa shape index (κ2) is 8.77. The van der Waals surface area contributed by atoms with Crippen LogP contribution in [0.5, 0.6) is 0 Å². The van der Waals surface area contributed by atoms with Gasteiger partial charge in [-0.05, 0) is 7.60 Å². The molecule has 100 valence electrons. The van der Waals surface area contributed by atoms with E-state index in [2.05, 4.69) is 4.98 Å². The van der Waals surface area contributed by atoms with E-state index in [9.17, 15) is 24.0 Å². The summed E-state index contributed by atoms with van der Waals surface area (Å²) in [6, 6.07) is 0. The largest absolute Gasteiger partial charge is 1.00 e. The molecule has 0 aliphatic heterocycles. The van der Waals surface area contributed by atoms with Crippen LogP contribution in [0.3, 0.4) is 0 Å². The Bertz CT molecular complexity index is 434. The number of nitrogens with zero attached hydrogens (tertiary/aromatic N) is 2. The van der Waals surface area contributed by atoms with Crippen molar-refractivity contribution in [3.8, 4) is 0 Å². The van der Waals surface area contributed by atoms with Crippen molar-refractivity contribution in [2.75, 3.05) is 0 Å². The topological polar surface area (TPSA) is 190 Å². The predicted molar refractivity (Wildman–Crippen MR) is 50.4 cm³/mol. The normalized spacial score (nSPS) is 14.4. The molecule has 0 saturated carbocycles. The van der Waals surface area contributed by atoms with E-state index in [1.54, 1.807) is 0 Å². The zero-order valence-electron chi connectivity index (χ0n) is 10.2. The van der Waals surface area contributed by atoms with Gasteiger partial charge in [0.15, 0.2) is 0 Å². The van der Waals surface area contributed by atoms with Crippen LogP contribution in [0, 0.1) is 0 Å². The molecule has 0 saturated heterocycles. The first-order chi connectivity index (χ1) is 7.08. The molecule has 0 aromatic carbocycles. The molecular formula is C5H10N2Na2O8P2. The van der Waals surface area contributed by atoms with Gasteiger partial charge in [-0.3, -0.25) is 4.57 Å². The maximum absolute atomic E-state index is 10.9. The van der Waals surface area contributed by atoms with E-state index in [0.29, 0.717) is 0 Å². The van der Waals surface area contributed by atoms with Crippen molar-refractivity contribution in [1.82, 2.24) is 9.55 Å². The first-order valence-electron chi connectivity index (χ1n) is 3.84. The average molecular weight is 334 g/mol. The first kappa shape index (κ1) is 25.4. The van der Waals surface area contributed by atoms with Crippen LogP contribution in [-0.2, 0) is 15.7 Å². The van der Waals surface area contributed by atoms with E-state index in [-0.39, 0.29) is 64.6 Å². The molecule has 1 aromatic rings. The Balaban J connectivity index is -0.000000853. The van der Waals surface area contributed by atoms with Crippen molar-refractivity contribution in [3.05, 3.63) is 18.7 Å². The minimum atomic E-state index is -5.91. The van der Waals surface area contributed by atoms with E-state index < -0.39 is 26.8 Å². The van der Waals surface area contributed by atoms with Gasteiger partial charge >= 0.3 is 66.7 Å². The quantitative estimate of drug-likeness (QED) is 0.357. The molecule has 1 heterocycles. The molecule has 0 aliphatic carbocycles. The number of aliphatic hydroxyl groups is 1. The van der Waals surface area contributed by atoms with Gasteiger partial charge in [-0.2, -0.15) is 0 Å². The molecule has 0 fully saturated rings. The van der Waals surface area contributed by atoms with Gasteiger partial charge in [0, 0.05) is 12.4 Å². The summed E-state index contributed by atoms with van der Waals surface area (Å²) in [6.07, 6.45) is 3.35. The van der Waals surface area contributed by atoms with Crippen LogP contribution in [0.4, 0.5) is 0 Å². The SMILES string of the molecule is O.O=P([O-])([O-])C(O)(Cn1ccnc1)P(=O)(O)O.[Na+].[Na+]. The van der Waals surface area contributed by atoms with Crippen LogP contribution in [-0.4, -0.2) is 35.0 Å². The summed E-state index contributed by atoms with van der Waals surface area (Å²) in [5.41, 5.74) is 0. The average Bonchev–Trinajstić information content (AvgIpc) is 2.52. The minimum absolute atomic E-state index is 0. The Hall–Kier alpha value is 1.43. The van der Waals surface area contributed by atoms with Crippen LogP contribution in [0.1, 0.15) is 0 Å². The van der Waals surface area contributed by atoms with E-state index in [4.69, 9.17) is 9.79 Å². The third kappa shape index (κ3) is 5.98. The third-order valence-electron chi connectivity index (χ3n) is 1.86. The van der Waals surface area contributed by atoms with Crippen molar-refractivity contribution in [3.63, 3.8) is 0 Å². The molecular weight excluding hydrogens is 324 g/mol. The summed E-state index contributed by atoms with van der Waals surface area (Å²) in [6.45, 7) is -1.08. The minimum Gasteiger partial charge on any atom is -0.808 e. The molecule has 1 atom stereocenters. The van der Waals surface area contributed by atoms with Crippen LogP contribution in [0.15, 0.2) is 18.7 Å². The number of rotatable bonds is 4. The second-order valence-electron chi connectivity index (χ2n) is 3.05. The van der Waals surface area contributed by atoms with Crippen molar-refractivity contribution in [1.29, 1.82) is 0 Å². The van der Waals surface area contributed by atoms with Gasteiger partial charge in [0.1, 0.15) is 0 Å². The standard InChI is InChI=1S/C5H10N2O7P2.2Na.H2O/c8-5(15(9,10)11,16(12,13)14)3-7-2-1-6-4-7;;;/h1-2,4,8H,3H2,(H2,9,10,11)(H2,12,13,14);;;1H2/q;2*+1;/p-2. The number of hydrogen-bond acceptors (Lipinski definition) is 6. The van der Waals surface area contributed by atoms with Gasteiger partial charge in [0.2, 0.25) is 5.08 Å². The van der Waals surface area contributed by atoms with Gasteiger partial charge in [0.05, 0.1) is 12.9 Å². The van der Waals surface area contributed by atoms with Crippen molar-refractivity contribution >= 4 is 15.2 Å². The molecule has 0 amide bonds. The molecule has 1 rings (SSSR count). The van der Waals surface area contributed by atoms with Crippen LogP contribution < -0.4 is 68.9 Å². The summed E-state index contributed by atoms with van der Waals surface area (Å²) in [5, 5.41) is 5.69. The summed E-state index contributed by atoms with van der Waals surface area (Å²) in [4.78, 5) is 42.4. The Kier molecular flexibility index (Phi) is 11.7. The second-order valence-corrected chi connectivity index (χ2v) is 6.97. The maximum Gasteiger partial charge on any atom is 1.00 e. The molecule has 1 aromatic heterocycles. The van der Waals surface area contributed by atoms with Crippen molar-refractivity contribution in [2.24, 2.45) is 0 Å². The van der Waals surface area contributed by atoms with E-state index in [0.717, 1.165) is 17.1 Å². The maximum atomic E-state index is 10.9. The van der Waals surface area contributed by atoms with Gasteiger partial charge in [-0.15, -0.1) is 0 Å². The van der Waals surface area contributed by atoms with Gasteiger partial charge in [-0.1, -0.05) is 0 Å². The van der Waals surface area contributed by atoms with Crippen LogP contribution in [0.2, 0.25) is 0 Å². The van der Waals surface area contributed by atoms with Crippen LogP contribution >= 0.6 is 15.2 Å². The molecule has 14 heteroatoms. The summed E-state index contributed by atoms with van der Waals surface area (Å²) < 4.78 is 22.5. The summed E-state index contributed by atoms with van der Waals surface area (Å²) >= 11 is 0. The van der Waals surface area contributed by atoms with E-state index in [1.165, 1.54) is 6.20 Å². The molecule has 0 aliphatic rings. The number of aromatic nitrogens is 2. The summed E-state index contributed by atoms with van der Waals surface area (Å²) in [5.74, 6) is 0. The monoisotopic (exact) mass is 334 g/mol. The van der Waals surface area contributed by atoms with E-state index in [1.807, 2.05) is 0 Å². The molecule has 0 bridgehead atoms.